The Morgan fingerprint density at radius 1 is 1.17 bits per heavy atom. The zero-order chi connectivity index (χ0) is 24.3. The van der Waals surface area contributed by atoms with Crippen molar-refractivity contribution in [2.45, 2.75) is 63.0 Å². The largest absolute Gasteiger partial charge is 0.435 e. The molecule has 188 valence electrons. The fourth-order valence-corrected chi connectivity index (χ4v) is 5.88. The topological polar surface area (TPSA) is 84.3 Å². The van der Waals surface area contributed by atoms with Gasteiger partial charge in [-0.3, -0.25) is 5.10 Å². The molecular formula is C23H28F3N7O2. The fraction of sp³-hybridized carbons (Fsp3) is 0.609. The monoisotopic (exact) mass is 491 g/mol. The van der Waals surface area contributed by atoms with Crippen molar-refractivity contribution in [1.29, 1.82) is 0 Å². The van der Waals surface area contributed by atoms with Crippen molar-refractivity contribution in [1.82, 2.24) is 25.0 Å². The zero-order valence-corrected chi connectivity index (χ0v) is 19.6. The molecule has 2 unspecified atom stereocenters. The van der Waals surface area contributed by atoms with Crippen molar-refractivity contribution in [3.63, 3.8) is 0 Å². The lowest BCUT2D eigenvalue weighted by Gasteiger charge is -2.40. The minimum absolute atomic E-state index is 0.00912. The third kappa shape index (κ3) is 3.74. The summed E-state index contributed by atoms with van der Waals surface area (Å²) in [6.45, 7) is 3.80. The van der Waals surface area contributed by atoms with Crippen molar-refractivity contribution in [3.8, 4) is 5.82 Å². The van der Waals surface area contributed by atoms with Crippen LogP contribution in [0.5, 0.6) is 0 Å². The zero-order valence-electron chi connectivity index (χ0n) is 19.6. The number of rotatable bonds is 4. The number of hydrogen-bond acceptors (Lipinski definition) is 7. The third-order valence-corrected chi connectivity index (χ3v) is 7.56. The van der Waals surface area contributed by atoms with E-state index >= 15 is 0 Å². The molecule has 3 aromatic heterocycles. The van der Waals surface area contributed by atoms with E-state index < -0.39 is 11.9 Å². The highest BCUT2D eigenvalue weighted by Gasteiger charge is 2.43. The number of methoxy groups -OCH3 is 1. The number of aromatic nitrogens is 5. The Balaban J connectivity index is 1.59. The second-order valence-electron chi connectivity index (χ2n) is 9.65. The Hall–Kier alpha value is -2.86. The number of anilines is 2. The van der Waals surface area contributed by atoms with Gasteiger partial charge in [-0.05, 0) is 32.6 Å². The van der Waals surface area contributed by atoms with Gasteiger partial charge in [0.15, 0.2) is 17.2 Å². The van der Waals surface area contributed by atoms with Crippen LogP contribution in [0, 0.1) is 0 Å². The molecule has 0 saturated carbocycles. The summed E-state index contributed by atoms with van der Waals surface area (Å²) >= 11 is 0. The number of aromatic amines is 1. The lowest BCUT2D eigenvalue weighted by Crippen LogP contribution is -2.47. The number of hydrogen-bond donors (Lipinski definition) is 1. The molecule has 3 fully saturated rings. The van der Waals surface area contributed by atoms with Crippen LogP contribution in [-0.4, -0.2) is 76.1 Å². The number of pyridine rings is 1. The standard InChI is InChI=1S/C23H28F3N7O2/c1-13-9-16(34-2)6-8-31(13)17-10-19(32-14-3-4-15(32)12-35-11-14)28-22-20(17)21(23(24,25)26)30-33(22)18-5-7-27-29-18/h5,7,10,13-16H,3-4,6,8-9,11-12H2,1-2H3,(H,27,29)/t13-,14?,15?,16+/m1/s1. The van der Waals surface area contributed by atoms with E-state index in [0.29, 0.717) is 37.1 Å². The summed E-state index contributed by atoms with van der Waals surface area (Å²) in [5.41, 5.74) is -0.265. The van der Waals surface area contributed by atoms with Gasteiger partial charge < -0.3 is 19.3 Å². The van der Waals surface area contributed by atoms with Crippen LogP contribution in [0.3, 0.4) is 0 Å². The highest BCUT2D eigenvalue weighted by atomic mass is 19.4. The van der Waals surface area contributed by atoms with Crippen LogP contribution in [-0.2, 0) is 15.7 Å². The molecule has 0 radical (unpaired) electrons. The molecule has 0 aliphatic carbocycles. The maximum absolute atomic E-state index is 14.3. The van der Waals surface area contributed by atoms with Crippen molar-refractivity contribution in [3.05, 3.63) is 24.0 Å². The molecule has 0 amide bonds. The Morgan fingerprint density at radius 2 is 1.94 bits per heavy atom. The quantitative estimate of drug-likeness (QED) is 0.598. The molecule has 1 N–H and O–H groups in total. The number of nitrogens with zero attached hydrogens (tertiary/aromatic N) is 6. The maximum atomic E-state index is 14.3. The highest BCUT2D eigenvalue weighted by Crippen LogP contribution is 2.44. The maximum Gasteiger partial charge on any atom is 0.435 e. The summed E-state index contributed by atoms with van der Waals surface area (Å²) in [4.78, 5) is 9.10. The van der Waals surface area contributed by atoms with Crippen LogP contribution in [0.1, 0.15) is 38.3 Å². The molecule has 3 saturated heterocycles. The van der Waals surface area contributed by atoms with Crippen LogP contribution in [0.15, 0.2) is 18.3 Å². The third-order valence-electron chi connectivity index (χ3n) is 7.56. The molecular weight excluding hydrogens is 463 g/mol. The summed E-state index contributed by atoms with van der Waals surface area (Å²) in [5, 5.41) is 10.7. The lowest BCUT2D eigenvalue weighted by molar-refractivity contribution is -0.140. The Labute approximate surface area is 200 Å². The first kappa shape index (κ1) is 22.6. The van der Waals surface area contributed by atoms with E-state index in [1.807, 2.05) is 13.0 Å². The van der Waals surface area contributed by atoms with Crippen molar-refractivity contribution in [2.24, 2.45) is 0 Å². The van der Waals surface area contributed by atoms with Gasteiger partial charge in [0.2, 0.25) is 0 Å². The number of ether oxygens (including phenoxy) is 2. The number of halogens is 3. The highest BCUT2D eigenvalue weighted by molar-refractivity contribution is 5.95. The average molecular weight is 492 g/mol. The van der Waals surface area contributed by atoms with Crippen molar-refractivity contribution >= 4 is 22.5 Å². The predicted molar refractivity (Wildman–Crippen MR) is 123 cm³/mol. The molecule has 0 aromatic carbocycles. The smallest absolute Gasteiger partial charge is 0.381 e. The van der Waals surface area contributed by atoms with E-state index in [0.717, 1.165) is 25.7 Å². The molecule has 2 bridgehead atoms. The van der Waals surface area contributed by atoms with Gasteiger partial charge in [-0.25, -0.2) is 4.98 Å². The molecule has 4 atom stereocenters. The summed E-state index contributed by atoms with van der Waals surface area (Å²) in [5.74, 6) is 0.996. The minimum atomic E-state index is -4.65. The minimum Gasteiger partial charge on any atom is -0.381 e. The summed E-state index contributed by atoms with van der Waals surface area (Å²) in [6.07, 6.45) is 0.343. The van der Waals surface area contributed by atoms with Crippen LogP contribution in [0.4, 0.5) is 24.7 Å². The van der Waals surface area contributed by atoms with Gasteiger partial charge >= 0.3 is 6.18 Å². The van der Waals surface area contributed by atoms with Crippen molar-refractivity contribution < 1.29 is 22.6 Å². The van der Waals surface area contributed by atoms with Gasteiger partial charge in [-0.1, -0.05) is 0 Å². The lowest BCUT2D eigenvalue weighted by atomic mass is 9.99. The second kappa shape index (κ2) is 8.37. The fourth-order valence-electron chi connectivity index (χ4n) is 5.88. The Morgan fingerprint density at radius 3 is 2.57 bits per heavy atom. The van der Waals surface area contributed by atoms with Crippen LogP contribution in [0.2, 0.25) is 0 Å². The number of fused-ring (bicyclic) bond motifs is 3. The average Bonchev–Trinajstić information content (AvgIpc) is 3.54. The number of morpholine rings is 1. The summed E-state index contributed by atoms with van der Waals surface area (Å²) in [7, 11) is 1.68. The van der Waals surface area contributed by atoms with Crippen LogP contribution in [0.25, 0.3) is 16.9 Å². The van der Waals surface area contributed by atoms with Gasteiger partial charge in [0.1, 0.15) is 5.82 Å². The van der Waals surface area contributed by atoms with Crippen LogP contribution < -0.4 is 9.80 Å². The van der Waals surface area contributed by atoms with Gasteiger partial charge in [-0.15, -0.1) is 0 Å². The molecule has 6 rings (SSSR count). The van der Waals surface area contributed by atoms with Gasteiger partial charge in [0.25, 0.3) is 0 Å². The van der Waals surface area contributed by atoms with E-state index in [9.17, 15) is 13.2 Å². The first-order chi connectivity index (χ1) is 16.8. The molecule has 0 spiro atoms. The number of nitrogens with one attached hydrogen (secondary N) is 1. The molecule has 12 heteroatoms. The SMILES string of the molecule is CO[C@H]1CCN(c2cc(N3C4CCC3COC4)nc3c2c(C(F)(F)F)nn3-c2ccn[nH]2)[C@H](C)C1. The molecule has 3 aromatic rings. The van der Waals surface area contributed by atoms with E-state index in [-0.39, 0.29) is 35.3 Å². The first-order valence-corrected chi connectivity index (χ1v) is 12.0. The number of piperidine rings is 1. The summed E-state index contributed by atoms with van der Waals surface area (Å²) < 4.78 is 55.5. The number of H-pyrrole nitrogens is 1. The molecule has 35 heavy (non-hydrogen) atoms. The molecule has 3 aliphatic rings. The Kier molecular flexibility index (Phi) is 5.40. The van der Waals surface area contributed by atoms with E-state index in [1.165, 1.54) is 10.9 Å². The predicted octanol–water partition coefficient (Wildman–Crippen LogP) is 3.53. The number of alkyl halides is 3. The first-order valence-electron chi connectivity index (χ1n) is 12.0. The summed E-state index contributed by atoms with van der Waals surface area (Å²) in [6, 6.07) is 3.73. The molecule has 9 nitrogen and oxygen atoms in total. The molecule has 3 aliphatic heterocycles. The second-order valence-corrected chi connectivity index (χ2v) is 9.65. The van der Waals surface area contributed by atoms with Crippen molar-refractivity contribution in [2.75, 3.05) is 36.7 Å². The van der Waals surface area contributed by atoms with Gasteiger partial charge in [0, 0.05) is 31.8 Å². The van der Waals surface area contributed by atoms with Gasteiger partial charge in [-0.2, -0.15) is 28.1 Å². The van der Waals surface area contributed by atoms with E-state index in [1.54, 1.807) is 13.2 Å². The van der Waals surface area contributed by atoms with E-state index in [2.05, 4.69) is 25.1 Å². The normalized spacial score (nSPS) is 27.2. The van der Waals surface area contributed by atoms with Gasteiger partial charge in [0.05, 0.1) is 48.7 Å². The van der Waals surface area contributed by atoms with E-state index in [4.69, 9.17) is 14.5 Å². The molecule has 6 heterocycles. The Bertz CT molecular complexity index is 1200. The van der Waals surface area contributed by atoms with Crippen LogP contribution >= 0.6 is 0 Å².